The second kappa shape index (κ2) is 5.66. The average molecular weight is 288 g/mol. The van der Waals surface area contributed by atoms with Crippen molar-refractivity contribution in [2.24, 2.45) is 0 Å². The number of benzene rings is 1. The number of hydrogen-bond donors (Lipinski definition) is 2. The van der Waals surface area contributed by atoms with E-state index in [0.29, 0.717) is 11.1 Å². The zero-order chi connectivity index (χ0) is 14.8. The molecule has 0 radical (unpaired) electrons. The van der Waals surface area contributed by atoms with E-state index in [1.807, 2.05) is 0 Å². The summed E-state index contributed by atoms with van der Waals surface area (Å²) in [6, 6.07) is 1.39. The number of nitrogens with one attached hydrogen (secondary N) is 2. The Bertz CT molecular complexity index is 576. The Morgan fingerprint density at radius 1 is 1.26 bits per heavy atom. The summed E-state index contributed by atoms with van der Waals surface area (Å²) in [6.07, 6.45) is 0. The number of carbonyl (C=O) groups excluding carboxylic acids is 1. The standard InChI is InChI=1S/C12H17FN2O3S/c1-7-5-10(13)6-8(2)11(7)19(17,18)15-9(3)12(16)14-4/h5-6,9,15H,1-4H3,(H,14,16). The number of sulfonamides is 1. The third-order valence-electron chi connectivity index (χ3n) is 2.67. The fourth-order valence-electron chi connectivity index (χ4n) is 1.88. The molecule has 1 aromatic rings. The Hall–Kier alpha value is -1.47. The van der Waals surface area contributed by atoms with Gasteiger partial charge < -0.3 is 5.32 Å². The number of aryl methyl sites for hydroxylation is 2. The Morgan fingerprint density at radius 2 is 1.74 bits per heavy atom. The van der Waals surface area contributed by atoms with Crippen LogP contribution in [0, 0.1) is 19.7 Å². The summed E-state index contributed by atoms with van der Waals surface area (Å²) in [5.74, 6) is -0.936. The molecule has 0 aliphatic rings. The molecule has 1 aromatic carbocycles. The molecule has 0 fully saturated rings. The Morgan fingerprint density at radius 3 is 2.16 bits per heavy atom. The average Bonchev–Trinajstić information content (AvgIpc) is 2.24. The van der Waals surface area contributed by atoms with Gasteiger partial charge in [0.1, 0.15) is 5.82 Å². The van der Waals surface area contributed by atoms with Gasteiger partial charge in [0.05, 0.1) is 10.9 Å². The number of halogens is 1. The van der Waals surface area contributed by atoms with Gasteiger partial charge in [0, 0.05) is 7.05 Å². The second-order valence-corrected chi connectivity index (χ2v) is 5.98. The molecule has 2 N–H and O–H groups in total. The highest BCUT2D eigenvalue weighted by molar-refractivity contribution is 7.89. The van der Waals surface area contributed by atoms with E-state index in [4.69, 9.17) is 0 Å². The van der Waals surface area contributed by atoms with Crippen molar-refractivity contribution >= 4 is 15.9 Å². The molecular weight excluding hydrogens is 271 g/mol. The van der Waals surface area contributed by atoms with Crippen LogP contribution in [0.3, 0.4) is 0 Å². The molecule has 0 saturated heterocycles. The molecule has 0 spiro atoms. The van der Waals surface area contributed by atoms with E-state index >= 15 is 0 Å². The van der Waals surface area contributed by atoms with Gasteiger partial charge in [-0.2, -0.15) is 4.72 Å². The van der Waals surface area contributed by atoms with E-state index in [9.17, 15) is 17.6 Å². The van der Waals surface area contributed by atoms with Crippen LogP contribution in [0.4, 0.5) is 4.39 Å². The number of likely N-dealkylation sites (N-methyl/N-ethyl adjacent to an activating group) is 1. The normalized spacial score (nSPS) is 13.1. The molecule has 0 aliphatic carbocycles. The van der Waals surface area contributed by atoms with E-state index in [-0.39, 0.29) is 4.90 Å². The van der Waals surface area contributed by atoms with Crippen LogP contribution < -0.4 is 10.0 Å². The fourth-order valence-corrected chi connectivity index (χ4v) is 3.54. The van der Waals surface area contributed by atoms with Gasteiger partial charge in [0.25, 0.3) is 0 Å². The van der Waals surface area contributed by atoms with Crippen LogP contribution in [0.1, 0.15) is 18.1 Å². The van der Waals surface area contributed by atoms with Crippen LogP contribution in [-0.4, -0.2) is 27.4 Å². The molecule has 0 heterocycles. The monoisotopic (exact) mass is 288 g/mol. The summed E-state index contributed by atoms with van der Waals surface area (Å²) >= 11 is 0. The van der Waals surface area contributed by atoms with Gasteiger partial charge in [-0.1, -0.05) is 0 Å². The molecule has 1 rings (SSSR count). The smallest absolute Gasteiger partial charge is 0.241 e. The van der Waals surface area contributed by atoms with Crippen LogP contribution in [0.25, 0.3) is 0 Å². The highest BCUT2D eigenvalue weighted by Gasteiger charge is 2.24. The molecule has 7 heteroatoms. The van der Waals surface area contributed by atoms with Crippen LogP contribution in [-0.2, 0) is 14.8 Å². The van der Waals surface area contributed by atoms with Gasteiger partial charge in [0.15, 0.2) is 0 Å². The SMILES string of the molecule is CNC(=O)C(C)NS(=O)(=O)c1c(C)cc(F)cc1C. The van der Waals surface area contributed by atoms with Crippen molar-refractivity contribution in [1.82, 2.24) is 10.0 Å². The van der Waals surface area contributed by atoms with Crippen molar-refractivity contribution in [1.29, 1.82) is 0 Å². The van der Waals surface area contributed by atoms with Crippen LogP contribution in [0.15, 0.2) is 17.0 Å². The molecule has 0 aliphatic heterocycles. The summed E-state index contributed by atoms with van der Waals surface area (Å²) in [5, 5.41) is 2.35. The van der Waals surface area contributed by atoms with E-state index in [1.165, 1.54) is 27.8 Å². The summed E-state index contributed by atoms with van der Waals surface area (Å²) in [7, 11) is -2.45. The van der Waals surface area contributed by atoms with Crippen molar-refractivity contribution in [2.45, 2.75) is 31.7 Å². The molecule has 1 unspecified atom stereocenters. The first kappa shape index (κ1) is 15.6. The first-order chi connectivity index (χ1) is 8.69. The summed E-state index contributed by atoms with van der Waals surface area (Å²) < 4.78 is 39.8. The fraction of sp³-hybridized carbons (Fsp3) is 0.417. The minimum absolute atomic E-state index is 0.00431. The van der Waals surface area contributed by atoms with E-state index in [0.717, 1.165) is 12.1 Å². The largest absolute Gasteiger partial charge is 0.358 e. The van der Waals surface area contributed by atoms with Crippen molar-refractivity contribution in [3.05, 3.63) is 29.1 Å². The lowest BCUT2D eigenvalue weighted by molar-refractivity contribution is -0.121. The van der Waals surface area contributed by atoms with Crippen LogP contribution in [0.5, 0.6) is 0 Å². The molecule has 1 atom stereocenters. The zero-order valence-corrected chi connectivity index (χ0v) is 12.1. The van der Waals surface area contributed by atoms with Gasteiger partial charge >= 0.3 is 0 Å². The molecule has 5 nitrogen and oxygen atoms in total. The number of carbonyl (C=O) groups is 1. The van der Waals surface area contributed by atoms with Gasteiger partial charge in [-0.05, 0) is 44.0 Å². The minimum atomic E-state index is -3.87. The van der Waals surface area contributed by atoms with Crippen molar-refractivity contribution in [2.75, 3.05) is 7.05 Å². The van der Waals surface area contributed by atoms with E-state index < -0.39 is 27.8 Å². The summed E-state index contributed by atoms with van der Waals surface area (Å²) in [6.45, 7) is 4.45. The zero-order valence-electron chi connectivity index (χ0n) is 11.2. The molecule has 106 valence electrons. The topological polar surface area (TPSA) is 75.3 Å². The van der Waals surface area contributed by atoms with E-state index in [2.05, 4.69) is 10.0 Å². The Kier molecular flexibility index (Phi) is 4.65. The van der Waals surface area contributed by atoms with Gasteiger partial charge in [-0.25, -0.2) is 12.8 Å². The van der Waals surface area contributed by atoms with Crippen LogP contribution in [0.2, 0.25) is 0 Å². The molecule has 19 heavy (non-hydrogen) atoms. The first-order valence-electron chi connectivity index (χ1n) is 5.69. The molecule has 0 bridgehead atoms. The molecule has 0 saturated carbocycles. The maximum atomic E-state index is 13.2. The lowest BCUT2D eigenvalue weighted by atomic mass is 10.1. The summed E-state index contributed by atoms with van der Waals surface area (Å²) in [4.78, 5) is 11.4. The quantitative estimate of drug-likeness (QED) is 0.862. The highest BCUT2D eigenvalue weighted by atomic mass is 32.2. The molecular formula is C12H17FN2O3S. The van der Waals surface area contributed by atoms with Gasteiger partial charge in [-0.15, -0.1) is 0 Å². The number of amides is 1. The molecule has 0 aromatic heterocycles. The predicted octanol–water partition coefficient (Wildman–Crippen LogP) is 0.855. The number of hydrogen-bond acceptors (Lipinski definition) is 3. The predicted molar refractivity (Wildman–Crippen MR) is 69.7 cm³/mol. The minimum Gasteiger partial charge on any atom is -0.358 e. The van der Waals surface area contributed by atoms with Crippen molar-refractivity contribution < 1.29 is 17.6 Å². The second-order valence-electron chi connectivity index (χ2n) is 4.33. The maximum absolute atomic E-state index is 13.2. The third kappa shape index (κ3) is 3.51. The lowest BCUT2D eigenvalue weighted by Crippen LogP contribution is -2.43. The Balaban J connectivity index is 3.18. The van der Waals surface area contributed by atoms with Crippen molar-refractivity contribution in [3.63, 3.8) is 0 Å². The van der Waals surface area contributed by atoms with Gasteiger partial charge in [-0.3, -0.25) is 4.79 Å². The first-order valence-corrected chi connectivity index (χ1v) is 7.18. The summed E-state index contributed by atoms with van der Waals surface area (Å²) in [5.41, 5.74) is 0.600. The number of rotatable bonds is 4. The molecule has 1 amide bonds. The van der Waals surface area contributed by atoms with E-state index in [1.54, 1.807) is 0 Å². The lowest BCUT2D eigenvalue weighted by Gasteiger charge is -2.16. The highest BCUT2D eigenvalue weighted by Crippen LogP contribution is 2.21. The maximum Gasteiger partial charge on any atom is 0.241 e. The van der Waals surface area contributed by atoms with Crippen LogP contribution >= 0.6 is 0 Å². The Labute approximate surface area is 112 Å². The third-order valence-corrected chi connectivity index (χ3v) is 4.51. The van der Waals surface area contributed by atoms with Crippen molar-refractivity contribution in [3.8, 4) is 0 Å². The van der Waals surface area contributed by atoms with Gasteiger partial charge in [0.2, 0.25) is 15.9 Å².